The SMILES string of the molecule is Cc1nc2nnc(C(F)(F)c3ccc4ncccc4c3)n2nc1-c1ccc(F)cc1. The third-order valence-electron chi connectivity index (χ3n) is 4.80. The van der Waals surface area contributed by atoms with Gasteiger partial charge in [0.2, 0.25) is 5.82 Å². The molecule has 0 radical (unpaired) electrons. The number of alkyl halides is 2. The van der Waals surface area contributed by atoms with E-state index in [2.05, 4.69) is 25.3 Å². The monoisotopic (exact) mass is 406 g/mol. The summed E-state index contributed by atoms with van der Waals surface area (Å²) in [4.78, 5) is 8.39. The van der Waals surface area contributed by atoms with Crippen LogP contribution in [0.1, 0.15) is 17.1 Å². The summed E-state index contributed by atoms with van der Waals surface area (Å²) in [5.41, 5.74) is 1.69. The summed E-state index contributed by atoms with van der Waals surface area (Å²) in [5.74, 6) is -4.59. The van der Waals surface area contributed by atoms with Crippen molar-refractivity contribution >= 4 is 16.7 Å². The van der Waals surface area contributed by atoms with Crippen LogP contribution in [0.4, 0.5) is 13.2 Å². The Hall–Kier alpha value is -3.88. The molecule has 0 atom stereocenters. The average molecular weight is 406 g/mol. The molecule has 0 spiro atoms. The fourth-order valence-corrected chi connectivity index (χ4v) is 3.28. The van der Waals surface area contributed by atoms with Crippen molar-refractivity contribution in [2.75, 3.05) is 0 Å². The van der Waals surface area contributed by atoms with Gasteiger partial charge in [-0.15, -0.1) is 10.2 Å². The number of hydrogen-bond acceptors (Lipinski definition) is 5. The van der Waals surface area contributed by atoms with Crippen molar-refractivity contribution in [3.05, 3.63) is 83.7 Å². The first-order valence-electron chi connectivity index (χ1n) is 9.03. The first-order chi connectivity index (χ1) is 14.4. The minimum absolute atomic E-state index is 0.0458. The van der Waals surface area contributed by atoms with Gasteiger partial charge in [0.25, 0.3) is 5.78 Å². The Labute approximate surface area is 168 Å². The molecule has 0 aliphatic carbocycles. The van der Waals surface area contributed by atoms with Crippen LogP contribution in [-0.2, 0) is 5.92 Å². The molecule has 5 rings (SSSR count). The molecule has 5 aromatic rings. The predicted molar refractivity (Wildman–Crippen MR) is 103 cm³/mol. The number of halogens is 3. The molecule has 0 unspecified atom stereocenters. The van der Waals surface area contributed by atoms with Crippen LogP contribution in [0.15, 0.2) is 60.8 Å². The molecule has 0 aliphatic heterocycles. The highest BCUT2D eigenvalue weighted by Crippen LogP contribution is 2.36. The zero-order chi connectivity index (χ0) is 20.9. The van der Waals surface area contributed by atoms with Gasteiger partial charge in [-0.05, 0) is 49.4 Å². The summed E-state index contributed by atoms with van der Waals surface area (Å²) in [5, 5.41) is 12.3. The number of fused-ring (bicyclic) bond motifs is 2. The summed E-state index contributed by atoms with van der Waals surface area (Å²) >= 11 is 0. The largest absolute Gasteiger partial charge is 0.333 e. The van der Waals surface area contributed by atoms with Gasteiger partial charge in [0.1, 0.15) is 11.5 Å². The van der Waals surface area contributed by atoms with E-state index < -0.39 is 17.6 Å². The van der Waals surface area contributed by atoms with E-state index in [1.54, 1.807) is 25.3 Å². The lowest BCUT2D eigenvalue weighted by molar-refractivity contribution is 0.0307. The number of aromatic nitrogens is 6. The van der Waals surface area contributed by atoms with Crippen molar-refractivity contribution in [1.82, 2.24) is 29.8 Å². The van der Waals surface area contributed by atoms with Gasteiger partial charge < -0.3 is 0 Å². The molecule has 0 aliphatic rings. The van der Waals surface area contributed by atoms with Crippen LogP contribution in [0, 0.1) is 12.7 Å². The van der Waals surface area contributed by atoms with Gasteiger partial charge in [-0.3, -0.25) is 4.98 Å². The van der Waals surface area contributed by atoms with Crippen LogP contribution in [-0.4, -0.2) is 29.8 Å². The first-order valence-corrected chi connectivity index (χ1v) is 9.03. The number of aryl methyl sites for hydroxylation is 1. The van der Waals surface area contributed by atoms with E-state index in [4.69, 9.17) is 0 Å². The molecule has 2 aromatic carbocycles. The maximum Gasteiger partial charge on any atom is 0.333 e. The van der Waals surface area contributed by atoms with E-state index in [-0.39, 0.29) is 11.3 Å². The van der Waals surface area contributed by atoms with Gasteiger partial charge in [-0.2, -0.15) is 18.4 Å². The zero-order valence-corrected chi connectivity index (χ0v) is 15.6. The van der Waals surface area contributed by atoms with Crippen LogP contribution in [0.5, 0.6) is 0 Å². The molecule has 0 fully saturated rings. The Morgan fingerprint density at radius 1 is 0.967 bits per heavy atom. The second-order valence-electron chi connectivity index (χ2n) is 6.77. The predicted octanol–water partition coefficient (Wildman–Crippen LogP) is 4.32. The zero-order valence-electron chi connectivity index (χ0n) is 15.6. The van der Waals surface area contributed by atoms with Gasteiger partial charge in [0.05, 0.1) is 11.2 Å². The fraction of sp³-hybridized carbons (Fsp3) is 0.0952. The minimum atomic E-state index is -3.48. The molecule has 3 aromatic heterocycles. The Morgan fingerprint density at radius 2 is 1.77 bits per heavy atom. The summed E-state index contributed by atoms with van der Waals surface area (Å²) in [6.07, 6.45) is 1.60. The maximum absolute atomic E-state index is 15.4. The minimum Gasteiger partial charge on any atom is -0.256 e. The maximum atomic E-state index is 15.4. The number of rotatable bonds is 3. The van der Waals surface area contributed by atoms with Gasteiger partial charge in [-0.25, -0.2) is 9.37 Å². The van der Waals surface area contributed by atoms with Crippen LogP contribution in [0.25, 0.3) is 27.9 Å². The van der Waals surface area contributed by atoms with Crippen LogP contribution in [0.2, 0.25) is 0 Å². The summed E-state index contributed by atoms with van der Waals surface area (Å²) in [7, 11) is 0. The molecule has 3 heterocycles. The molecule has 0 amide bonds. The normalized spacial score (nSPS) is 12.0. The smallest absolute Gasteiger partial charge is 0.256 e. The van der Waals surface area contributed by atoms with Gasteiger partial charge in [0.15, 0.2) is 0 Å². The Kier molecular flexibility index (Phi) is 3.99. The van der Waals surface area contributed by atoms with Gasteiger partial charge >= 0.3 is 5.92 Å². The molecule has 0 bridgehead atoms. The Balaban J connectivity index is 1.67. The highest BCUT2D eigenvalue weighted by atomic mass is 19.3. The van der Waals surface area contributed by atoms with E-state index in [0.29, 0.717) is 27.9 Å². The molecular formula is C21H13F3N6. The molecule has 30 heavy (non-hydrogen) atoms. The Bertz CT molecular complexity index is 1400. The molecule has 0 saturated heterocycles. The fourth-order valence-electron chi connectivity index (χ4n) is 3.28. The Morgan fingerprint density at radius 3 is 2.57 bits per heavy atom. The summed E-state index contributed by atoms with van der Waals surface area (Å²) in [6.45, 7) is 1.68. The third-order valence-corrected chi connectivity index (χ3v) is 4.80. The second kappa shape index (κ2) is 6.58. The molecule has 148 valence electrons. The molecular weight excluding hydrogens is 393 g/mol. The van der Waals surface area contributed by atoms with Gasteiger partial charge in [-0.1, -0.05) is 12.1 Å². The van der Waals surface area contributed by atoms with Crippen molar-refractivity contribution in [2.24, 2.45) is 0 Å². The van der Waals surface area contributed by atoms with Crippen molar-refractivity contribution in [1.29, 1.82) is 0 Å². The average Bonchev–Trinajstić information content (AvgIpc) is 3.17. The van der Waals surface area contributed by atoms with Crippen LogP contribution >= 0.6 is 0 Å². The van der Waals surface area contributed by atoms with Crippen LogP contribution in [0.3, 0.4) is 0 Å². The third kappa shape index (κ3) is 2.86. The van der Waals surface area contributed by atoms with Crippen molar-refractivity contribution in [3.63, 3.8) is 0 Å². The molecule has 6 nitrogen and oxygen atoms in total. The second-order valence-corrected chi connectivity index (χ2v) is 6.77. The number of hydrogen-bond donors (Lipinski definition) is 0. The van der Waals surface area contributed by atoms with E-state index in [1.807, 2.05) is 0 Å². The summed E-state index contributed by atoms with van der Waals surface area (Å²) < 4.78 is 45.0. The standard InChI is InChI=1S/C21H13F3N6/c1-12-18(13-4-7-16(22)8-5-13)29-30-19(27-28-20(30)26-12)21(23,24)15-6-9-17-14(11-15)3-2-10-25-17/h2-11H,1H3. The quantitative estimate of drug-likeness (QED) is 0.446. The lowest BCUT2D eigenvalue weighted by atomic mass is 10.0. The highest BCUT2D eigenvalue weighted by molar-refractivity contribution is 5.79. The van der Waals surface area contributed by atoms with E-state index >= 15 is 8.78 Å². The lowest BCUT2D eigenvalue weighted by Crippen LogP contribution is -2.20. The van der Waals surface area contributed by atoms with Crippen molar-refractivity contribution < 1.29 is 13.2 Å². The number of nitrogens with zero attached hydrogens (tertiary/aromatic N) is 6. The van der Waals surface area contributed by atoms with Crippen molar-refractivity contribution in [3.8, 4) is 11.3 Å². The van der Waals surface area contributed by atoms with E-state index in [9.17, 15) is 4.39 Å². The molecule has 9 heteroatoms. The number of benzene rings is 2. The van der Waals surface area contributed by atoms with Crippen LogP contribution < -0.4 is 0 Å². The van der Waals surface area contributed by atoms with E-state index in [1.165, 1.54) is 42.5 Å². The lowest BCUT2D eigenvalue weighted by Gasteiger charge is -2.15. The van der Waals surface area contributed by atoms with E-state index in [0.717, 1.165) is 4.52 Å². The highest BCUT2D eigenvalue weighted by Gasteiger charge is 2.40. The number of pyridine rings is 1. The molecule has 0 N–H and O–H groups in total. The molecule has 0 saturated carbocycles. The topological polar surface area (TPSA) is 68.9 Å². The summed E-state index contributed by atoms with van der Waals surface area (Å²) in [6, 6.07) is 13.1. The first kappa shape index (κ1) is 18.2. The van der Waals surface area contributed by atoms with Gasteiger partial charge in [0, 0.05) is 22.7 Å². The van der Waals surface area contributed by atoms with Crippen molar-refractivity contribution in [2.45, 2.75) is 12.8 Å².